The zero-order chi connectivity index (χ0) is 8.39. The van der Waals surface area contributed by atoms with Crippen LogP contribution in [0.4, 0.5) is 0 Å². The van der Waals surface area contributed by atoms with Crippen molar-refractivity contribution in [2.75, 3.05) is 0 Å². The summed E-state index contributed by atoms with van der Waals surface area (Å²) in [4.78, 5) is 0. The van der Waals surface area contributed by atoms with E-state index < -0.39 is 0 Å². The molecule has 0 aliphatic rings. The van der Waals surface area contributed by atoms with E-state index in [0.717, 1.165) is 16.5 Å². The average molecular weight is 180 g/mol. The summed E-state index contributed by atoms with van der Waals surface area (Å²) in [6, 6.07) is 7.88. The van der Waals surface area contributed by atoms with Crippen molar-refractivity contribution in [3.05, 3.63) is 36.1 Å². The van der Waals surface area contributed by atoms with Crippen LogP contribution in [-0.4, -0.2) is 0 Å². The molecule has 62 valence electrons. The van der Waals surface area contributed by atoms with Crippen molar-refractivity contribution in [1.29, 1.82) is 0 Å². The topological polar surface area (TPSA) is 22.4 Å². The molecular weight excluding hydrogens is 172 g/mol. The maximum Gasteiger partial charge on any atom is 0.134 e. The predicted molar refractivity (Wildman–Crippen MR) is 50.0 cm³/mol. The van der Waals surface area contributed by atoms with Crippen LogP contribution >= 0.6 is 12.9 Å². The van der Waals surface area contributed by atoms with Gasteiger partial charge in [-0.15, -0.1) is 0 Å². The molecule has 1 heterocycles. The minimum atomic E-state index is 0.500. The third-order valence-electron chi connectivity index (χ3n) is 1.75. The molecule has 0 saturated heterocycles. The molecule has 0 fully saturated rings. The van der Waals surface area contributed by atoms with Crippen LogP contribution in [0.25, 0.3) is 11.0 Å². The Morgan fingerprint density at radius 1 is 1.33 bits per heavy atom. The number of hydrogen-bond donors (Lipinski definition) is 1. The highest BCUT2D eigenvalue weighted by Gasteiger charge is 1.97. The number of furan rings is 1. The molecule has 2 nitrogen and oxygen atoms in total. The minimum Gasteiger partial charge on any atom is -0.464 e. The molecule has 0 N–H and O–H groups in total. The third-order valence-corrected chi connectivity index (χ3v) is 1.88. The van der Waals surface area contributed by atoms with Crippen molar-refractivity contribution in [2.45, 2.75) is 6.61 Å². The second-order valence-electron chi connectivity index (χ2n) is 2.57. The third kappa shape index (κ3) is 1.33. The maximum absolute atomic E-state index is 5.22. The van der Waals surface area contributed by atoms with Crippen molar-refractivity contribution in [2.24, 2.45) is 0 Å². The van der Waals surface area contributed by atoms with E-state index in [1.54, 1.807) is 6.26 Å². The first-order valence-electron chi connectivity index (χ1n) is 3.62. The summed E-state index contributed by atoms with van der Waals surface area (Å²) in [5.41, 5.74) is 1.95. The molecule has 0 amide bonds. The molecule has 1 aromatic heterocycles. The molecule has 3 heteroatoms. The van der Waals surface area contributed by atoms with E-state index in [2.05, 4.69) is 12.9 Å². The summed E-state index contributed by atoms with van der Waals surface area (Å²) in [7, 11) is 0. The van der Waals surface area contributed by atoms with Gasteiger partial charge in [0.1, 0.15) is 5.58 Å². The zero-order valence-electron chi connectivity index (χ0n) is 6.36. The maximum atomic E-state index is 5.22. The van der Waals surface area contributed by atoms with Crippen LogP contribution in [0.1, 0.15) is 5.56 Å². The largest absolute Gasteiger partial charge is 0.464 e. The van der Waals surface area contributed by atoms with Crippen molar-refractivity contribution in [1.82, 2.24) is 0 Å². The van der Waals surface area contributed by atoms with Gasteiger partial charge >= 0.3 is 0 Å². The smallest absolute Gasteiger partial charge is 0.134 e. The fourth-order valence-electron chi connectivity index (χ4n) is 1.16. The first-order valence-corrected chi connectivity index (χ1v) is 3.99. The fraction of sp³-hybridized carbons (Fsp3) is 0.111. The van der Waals surface area contributed by atoms with Gasteiger partial charge in [-0.1, -0.05) is 12.1 Å². The Morgan fingerprint density at radius 3 is 3.08 bits per heavy atom. The Labute approximate surface area is 75.7 Å². The van der Waals surface area contributed by atoms with Gasteiger partial charge in [0.15, 0.2) is 0 Å². The van der Waals surface area contributed by atoms with Crippen molar-refractivity contribution in [3.8, 4) is 0 Å². The van der Waals surface area contributed by atoms with Gasteiger partial charge in [-0.25, -0.2) is 0 Å². The van der Waals surface area contributed by atoms with Gasteiger partial charge in [0.25, 0.3) is 0 Å². The van der Waals surface area contributed by atoms with Gasteiger partial charge in [0, 0.05) is 5.39 Å². The molecule has 0 saturated carbocycles. The quantitative estimate of drug-likeness (QED) is 0.567. The normalized spacial score (nSPS) is 10.8. The number of benzene rings is 1. The first-order chi connectivity index (χ1) is 5.90. The molecule has 2 aromatic rings. The molecule has 0 spiro atoms. The van der Waals surface area contributed by atoms with E-state index in [-0.39, 0.29) is 0 Å². The van der Waals surface area contributed by atoms with Gasteiger partial charge in [-0.05, 0) is 30.6 Å². The molecule has 0 bridgehead atoms. The summed E-state index contributed by atoms with van der Waals surface area (Å²) in [5, 5.41) is 1.11. The number of rotatable bonds is 2. The molecular formula is C9H8O2S. The highest BCUT2D eigenvalue weighted by atomic mass is 32.1. The van der Waals surface area contributed by atoms with Crippen LogP contribution in [0.3, 0.4) is 0 Å². The lowest BCUT2D eigenvalue weighted by atomic mass is 10.2. The van der Waals surface area contributed by atoms with Gasteiger partial charge < -0.3 is 8.60 Å². The van der Waals surface area contributed by atoms with E-state index in [1.165, 1.54) is 0 Å². The van der Waals surface area contributed by atoms with Gasteiger partial charge in [0.2, 0.25) is 0 Å². The fourth-order valence-corrected chi connectivity index (χ4v) is 1.31. The molecule has 0 aliphatic carbocycles. The summed E-state index contributed by atoms with van der Waals surface area (Å²) in [6.45, 7) is 0.500. The van der Waals surface area contributed by atoms with E-state index >= 15 is 0 Å². The predicted octanol–water partition coefficient (Wildman–Crippen LogP) is 2.79. The summed E-state index contributed by atoms with van der Waals surface area (Å²) < 4.78 is 9.93. The van der Waals surface area contributed by atoms with Gasteiger partial charge in [-0.3, -0.25) is 0 Å². The molecule has 0 atom stereocenters. The Bertz CT molecular complexity index is 381. The number of fused-ring (bicyclic) bond motifs is 1. The lowest BCUT2D eigenvalue weighted by molar-refractivity contribution is 0.372. The Morgan fingerprint density at radius 2 is 2.25 bits per heavy atom. The van der Waals surface area contributed by atoms with E-state index in [9.17, 15) is 0 Å². The molecule has 0 radical (unpaired) electrons. The van der Waals surface area contributed by atoms with Crippen molar-refractivity contribution >= 4 is 23.9 Å². The van der Waals surface area contributed by atoms with Crippen molar-refractivity contribution < 1.29 is 8.60 Å². The van der Waals surface area contributed by atoms with Gasteiger partial charge in [-0.2, -0.15) is 0 Å². The van der Waals surface area contributed by atoms with Gasteiger partial charge in [0.05, 0.1) is 12.9 Å². The summed E-state index contributed by atoms with van der Waals surface area (Å²) >= 11 is 3.68. The average Bonchev–Trinajstić information content (AvgIpc) is 2.51. The van der Waals surface area contributed by atoms with E-state index in [4.69, 9.17) is 8.60 Å². The van der Waals surface area contributed by atoms with Crippen molar-refractivity contribution in [3.63, 3.8) is 0 Å². The van der Waals surface area contributed by atoms with Crippen LogP contribution in [-0.2, 0) is 10.8 Å². The van der Waals surface area contributed by atoms with Crippen LogP contribution in [0.5, 0.6) is 0 Å². The standard InChI is InChI=1S/C9H8O2S/c12-11-6-7-1-2-8-3-4-10-9(8)5-7/h1-5,12H,6H2. The molecule has 1 aromatic carbocycles. The molecule has 12 heavy (non-hydrogen) atoms. The van der Waals surface area contributed by atoms with E-state index in [1.807, 2.05) is 24.3 Å². The second-order valence-corrected chi connectivity index (χ2v) is 2.82. The molecule has 0 unspecified atom stereocenters. The highest BCUT2D eigenvalue weighted by molar-refractivity contribution is 7.75. The van der Waals surface area contributed by atoms with Crippen LogP contribution in [0.15, 0.2) is 34.9 Å². The summed E-state index contributed by atoms with van der Waals surface area (Å²) in [5.74, 6) is 0. The second kappa shape index (κ2) is 3.21. The Balaban J connectivity index is 2.46. The first kappa shape index (κ1) is 7.71. The molecule has 2 rings (SSSR count). The Hall–Kier alpha value is -0.930. The van der Waals surface area contributed by atoms with E-state index in [0.29, 0.717) is 6.61 Å². The number of thiol groups is 1. The molecule has 0 aliphatic heterocycles. The lowest BCUT2D eigenvalue weighted by Gasteiger charge is -1.96. The van der Waals surface area contributed by atoms with Crippen LogP contribution < -0.4 is 0 Å². The highest BCUT2D eigenvalue weighted by Crippen LogP contribution is 2.17. The Kier molecular flexibility index (Phi) is 2.06. The monoisotopic (exact) mass is 180 g/mol. The SMILES string of the molecule is SOCc1ccc2ccoc2c1. The van der Waals surface area contributed by atoms with Crippen LogP contribution in [0.2, 0.25) is 0 Å². The van der Waals surface area contributed by atoms with Crippen LogP contribution in [0, 0.1) is 0 Å². The lowest BCUT2D eigenvalue weighted by Crippen LogP contribution is -1.81. The summed E-state index contributed by atoms with van der Waals surface area (Å²) in [6.07, 6.45) is 1.68. The zero-order valence-corrected chi connectivity index (χ0v) is 7.25. The minimum absolute atomic E-state index is 0.500. The number of hydrogen-bond acceptors (Lipinski definition) is 3.